The standard InChI is InChI=1S/C26H22F3N3O3/c1-15-24(16(2)32(31-15)20-9-6-18(27)7-10-20)25(33)30-19-8-13-23(35-26(28)29)22(14-19)17-4-11-21(34-3)12-5-17/h4-14,26H,1-3H3,(H,30,33). The minimum atomic E-state index is -3.00. The maximum absolute atomic E-state index is 13.3. The summed E-state index contributed by atoms with van der Waals surface area (Å²) in [6.07, 6.45) is 0. The third-order valence-electron chi connectivity index (χ3n) is 5.44. The Kier molecular flexibility index (Phi) is 6.77. The first-order chi connectivity index (χ1) is 16.8. The number of hydrogen-bond donors (Lipinski definition) is 1. The lowest BCUT2D eigenvalue weighted by Gasteiger charge is -2.14. The van der Waals surface area contributed by atoms with Crippen LogP contribution in [0, 0.1) is 19.7 Å². The number of rotatable bonds is 7. The molecule has 4 aromatic rings. The summed E-state index contributed by atoms with van der Waals surface area (Å²) in [6.45, 7) is 0.431. The van der Waals surface area contributed by atoms with E-state index in [4.69, 9.17) is 4.74 Å². The van der Waals surface area contributed by atoms with Crippen LogP contribution >= 0.6 is 0 Å². The van der Waals surface area contributed by atoms with Gasteiger partial charge in [-0.1, -0.05) is 12.1 Å². The lowest BCUT2D eigenvalue weighted by atomic mass is 10.0. The Morgan fingerprint density at radius 1 is 1.00 bits per heavy atom. The van der Waals surface area contributed by atoms with E-state index in [2.05, 4.69) is 15.2 Å². The Labute approximate surface area is 199 Å². The third-order valence-corrected chi connectivity index (χ3v) is 5.44. The minimum Gasteiger partial charge on any atom is -0.497 e. The van der Waals surface area contributed by atoms with Crippen LogP contribution in [-0.2, 0) is 0 Å². The lowest BCUT2D eigenvalue weighted by Crippen LogP contribution is -2.14. The smallest absolute Gasteiger partial charge is 0.387 e. The molecule has 0 saturated carbocycles. The molecular formula is C26H22F3N3O3. The van der Waals surface area contributed by atoms with Crippen LogP contribution in [0.3, 0.4) is 0 Å². The van der Waals surface area contributed by atoms with E-state index in [1.54, 1.807) is 61.0 Å². The minimum absolute atomic E-state index is 0.0281. The summed E-state index contributed by atoms with van der Waals surface area (Å²) >= 11 is 0. The van der Waals surface area contributed by atoms with Gasteiger partial charge in [-0.25, -0.2) is 9.07 Å². The van der Waals surface area contributed by atoms with Gasteiger partial charge in [0, 0.05) is 11.3 Å². The van der Waals surface area contributed by atoms with Crippen LogP contribution in [0.15, 0.2) is 66.7 Å². The first-order valence-electron chi connectivity index (χ1n) is 10.6. The molecule has 1 N–H and O–H groups in total. The van der Waals surface area contributed by atoms with E-state index in [1.807, 2.05) is 0 Å². The number of ether oxygens (including phenoxy) is 2. The van der Waals surface area contributed by atoms with E-state index >= 15 is 0 Å². The molecule has 0 unspecified atom stereocenters. The van der Waals surface area contributed by atoms with E-state index in [0.29, 0.717) is 45.2 Å². The fraction of sp³-hybridized carbons (Fsp3) is 0.154. The maximum atomic E-state index is 13.3. The van der Waals surface area contributed by atoms with Gasteiger partial charge < -0.3 is 14.8 Å². The monoisotopic (exact) mass is 481 g/mol. The average Bonchev–Trinajstić information content (AvgIpc) is 3.14. The fourth-order valence-electron chi connectivity index (χ4n) is 3.80. The van der Waals surface area contributed by atoms with Crippen molar-refractivity contribution in [3.05, 3.63) is 89.5 Å². The number of halogens is 3. The van der Waals surface area contributed by atoms with Gasteiger partial charge >= 0.3 is 6.61 Å². The second-order valence-corrected chi connectivity index (χ2v) is 7.71. The molecule has 9 heteroatoms. The molecule has 0 aliphatic rings. The van der Waals surface area contributed by atoms with Crippen molar-refractivity contribution in [2.24, 2.45) is 0 Å². The van der Waals surface area contributed by atoms with Crippen LogP contribution in [0.1, 0.15) is 21.7 Å². The summed E-state index contributed by atoms with van der Waals surface area (Å²) < 4.78 is 50.7. The zero-order valence-corrected chi connectivity index (χ0v) is 19.2. The van der Waals surface area contributed by atoms with E-state index in [9.17, 15) is 18.0 Å². The molecule has 1 amide bonds. The van der Waals surface area contributed by atoms with E-state index < -0.39 is 12.5 Å². The van der Waals surface area contributed by atoms with E-state index in [1.165, 1.54) is 31.4 Å². The molecule has 0 bridgehead atoms. The molecule has 35 heavy (non-hydrogen) atoms. The van der Waals surface area contributed by atoms with Crippen molar-refractivity contribution >= 4 is 11.6 Å². The van der Waals surface area contributed by atoms with Crippen molar-refractivity contribution in [1.82, 2.24) is 9.78 Å². The molecular weight excluding hydrogens is 459 g/mol. The van der Waals surface area contributed by atoms with Gasteiger partial charge in [0.05, 0.1) is 29.7 Å². The number of nitrogens with zero attached hydrogens (tertiary/aromatic N) is 2. The van der Waals surface area contributed by atoms with Crippen LogP contribution in [-0.4, -0.2) is 29.4 Å². The van der Waals surface area contributed by atoms with E-state index in [0.717, 1.165) is 0 Å². The van der Waals surface area contributed by atoms with Gasteiger partial charge in [-0.15, -0.1) is 0 Å². The van der Waals surface area contributed by atoms with Gasteiger partial charge in [0.25, 0.3) is 5.91 Å². The molecule has 180 valence electrons. The SMILES string of the molecule is COc1ccc(-c2cc(NC(=O)c3c(C)nn(-c4ccc(F)cc4)c3C)ccc2OC(F)F)cc1. The molecule has 1 aromatic heterocycles. The number of alkyl halides is 2. The van der Waals surface area contributed by atoms with Crippen molar-refractivity contribution < 1.29 is 27.4 Å². The normalized spacial score (nSPS) is 10.9. The number of carbonyl (C=O) groups excluding carboxylic acids is 1. The Morgan fingerprint density at radius 3 is 2.31 bits per heavy atom. The molecule has 1 heterocycles. The molecule has 0 radical (unpaired) electrons. The van der Waals surface area contributed by atoms with Crippen LogP contribution in [0.25, 0.3) is 16.8 Å². The number of methoxy groups -OCH3 is 1. The molecule has 0 atom stereocenters. The summed E-state index contributed by atoms with van der Waals surface area (Å²) in [5.41, 5.74) is 3.39. The number of carbonyl (C=O) groups is 1. The van der Waals surface area contributed by atoms with Crippen LogP contribution in [0.2, 0.25) is 0 Å². The molecule has 0 spiro atoms. The molecule has 0 aliphatic heterocycles. The molecule has 3 aromatic carbocycles. The van der Waals surface area contributed by atoms with Crippen LogP contribution < -0.4 is 14.8 Å². The second-order valence-electron chi connectivity index (χ2n) is 7.71. The van der Waals surface area contributed by atoms with Gasteiger partial charge in [0.1, 0.15) is 17.3 Å². The molecule has 6 nitrogen and oxygen atoms in total. The predicted molar refractivity (Wildman–Crippen MR) is 126 cm³/mol. The molecule has 0 fully saturated rings. The van der Waals surface area contributed by atoms with Crippen molar-refractivity contribution in [2.75, 3.05) is 12.4 Å². The Balaban J connectivity index is 1.66. The molecule has 0 aliphatic carbocycles. The number of nitrogens with one attached hydrogen (secondary N) is 1. The highest BCUT2D eigenvalue weighted by Crippen LogP contribution is 2.35. The van der Waals surface area contributed by atoms with Gasteiger partial charge in [-0.3, -0.25) is 4.79 Å². The topological polar surface area (TPSA) is 65.4 Å². The average molecular weight is 481 g/mol. The first kappa shape index (κ1) is 23.9. The van der Waals surface area contributed by atoms with Crippen LogP contribution in [0.4, 0.5) is 18.9 Å². The Morgan fingerprint density at radius 2 is 1.69 bits per heavy atom. The number of anilines is 1. The quantitative estimate of drug-likeness (QED) is 0.344. The van der Waals surface area contributed by atoms with E-state index in [-0.39, 0.29) is 11.6 Å². The lowest BCUT2D eigenvalue weighted by molar-refractivity contribution is -0.0494. The highest BCUT2D eigenvalue weighted by atomic mass is 19.3. The largest absolute Gasteiger partial charge is 0.497 e. The van der Waals surface area contributed by atoms with Crippen LogP contribution in [0.5, 0.6) is 11.5 Å². The third kappa shape index (κ3) is 5.13. The van der Waals surface area contributed by atoms with Gasteiger partial charge in [0.2, 0.25) is 0 Å². The Bertz CT molecular complexity index is 1350. The number of amides is 1. The number of benzene rings is 3. The van der Waals surface area contributed by atoms with Gasteiger partial charge in [0.15, 0.2) is 0 Å². The summed E-state index contributed by atoms with van der Waals surface area (Å²) in [4.78, 5) is 13.2. The number of aryl methyl sites for hydroxylation is 1. The fourth-order valence-corrected chi connectivity index (χ4v) is 3.80. The zero-order chi connectivity index (χ0) is 25.1. The molecule has 0 saturated heterocycles. The zero-order valence-electron chi connectivity index (χ0n) is 19.2. The summed E-state index contributed by atoms with van der Waals surface area (Å²) in [5, 5.41) is 7.23. The van der Waals surface area contributed by atoms with Crippen molar-refractivity contribution in [2.45, 2.75) is 20.5 Å². The van der Waals surface area contributed by atoms with Crippen molar-refractivity contribution in [1.29, 1.82) is 0 Å². The maximum Gasteiger partial charge on any atom is 0.387 e. The Hall–Kier alpha value is -4.27. The van der Waals surface area contributed by atoms with Crippen molar-refractivity contribution in [3.63, 3.8) is 0 Å². The highest BCUT2D eigenvalue weighted by molar-refractivity contribution is 6.06. The summed E-state index contributed by atoms with van der Waals surface area (Å²) in [6, 6.07) is 17.0. The summed E-state index contributed by atoms with van der Waals surface area (Å²) in [5.74, 6) is -0.213. The predicted octanol–water partition coefficient (Wildman–Crippen LogP) is 6.16. The van der Waals surface area contributed by atoms with Crippen molar-refractivity contribution in [3.8, 4) is 28.3 Å². The summed E-state index contributed by atoms with van der Waals surface area (Å²) in [7, 11) is 1.53. The molecule has 4 rings (SSSR count). The highest BCUT2D eigenvalue weighted by Gasteiger charge is 2.21. The number of hydrogen-bond acceptors (Lipinski definition) is 4. The number of aromatic nitrogens is 2. The van der Waals surface area contributed by atoms with Gasteiger partial charge in [-0.05, 0) is 74.0 Å². The second kappa shape index (κ2) is 9.92. The van der Waals surface area contributed by atoms with Gasteiger partial charge in [-0.2, -0.15) is 13.9 Å². The first-order valence-corrected chi connectivity index (χ1v) is 10.6.